The number of rotatable bonds is 2. The quantitative estimate of drug-likeness (QED) is 0.666. The van der Waals surface area contributed by atoms with Crippen LogP contribution in [0.15, 0.2) is 48.5 Å². The summed E-state index contributed by atoms with van der Waals surface area (Å²) < 4.78 is 0. The molecule has 0 amide bonds. The molecular weight excluding hydrogens is 336 g/mol. The molecule has 0 spiro atoms. The van der Waals surface area contributed by atoms with Gasteiger partial charge in [-0.15, -0.1) is 0 Å². The third-order valence-electron chi connectivity index (χ3n) is 4.56. The molecule has 0 saturated carbocycles. The van der Waals surface area contributed by atoms with Crippen molar-refractivity contribution in [1.82, 2.24) is 0 Å². The van der Waals surface area contributed by atoms with Gasteiger partial charge < -0.3 is 15.3 Å². The number of benzene rings is 2. The van der Waals surface area contributed by atoms with Crippen LogP contribution in [0.4, 0.5) is 0 Å². The van der Waals surface area contributed by atoms with Crippen molar-refractivity contribution in [3.05, 3.63) is 75.7 Å². The molecule has 3 nitrogen and oxygen atoms in total. The van der Waals surface area contributed by atoms with Gasteiger partial charge in [-0.25, -0.2) is 0 Å². The minimum atomic E-state index is -0.700. The van der Waals surface area contributed by atoms with Crippen LogP contribution in [0.25, 0.3) is 17.8 Å². The maximum Gasteiger partial charge on any atom is 0.281 e. The Morgan fingerprint density at radius 1 is 0.741 bits per heavy atom. The van der Waals surface area contributed by atoms with E-state index in [1.807, 2.05) is 12.1 Å². The summed E-state index contributed by atoms with van der Waals surface area (Å²) in [5.41, 5.74) is 3.13. The van der Waals surface area contributed by atoms with Crippen molar-refractivity contribution in [3.8, 4) is 0 Å². The zero-order valence-electron chi connectivity index (χ0n) is 17.0. The normalized spacial score (nSPS) is 12.7. The maximum absolute atomic E-state index is 10.7. The van der Waals surface area contributed by atoms with Gasteiger partial charge in [0.1, 0.15) is 5.76 Å². The number of allylic oxidation sites excluding steroid dienone is 1. The minimum absolute atomic E-state index is 0.0152. The average Bonchev–Trinajstić information content (AvgIpc) is 2.58. The highest BCUT2D eigenvalue weighted by Gasteiger charge is 2.21. The summed E-state index contributed by atoms with van der Waals surface area (Å²) in [7, 11) is 0. The first-order valence-electron chi connectivity index (χ1n) is 9.13. The molecule has 27 heavy (non-hydrogen) atoms. The van der Waals surface area contributed by atoms with Crippen molar-refractivity contribution >= 4 is 17.8 Å². The zero-order chi connectivity index (χ0) is 20.4. The predicted octanol–water partition coefficient (Wildman–Crippen LogP) is 4.84. The van der Waals surface area contributed by atoms with Gasteiger partial charge in [0.15, 0.2) is 0 Å². The molecule has 0 saturated heterocycles. The first-order chi connectivity index (χ1) is 12.4. The van der Waals surface area contributed by atoms with Crippen LogP contribution in [-0.4, -0.2) is 15.3 Å². The molecule has 3 heteroatoms. The Labute approximate surface area is 161 Å². The standard InChI is InChI=1S/C24H30O3/c1-23(2,3)19-13-18(14-20(15-19)24(4,5)6)21(25)12-9-16-7-10-17(11-8-16)22(26)27/h7-15,25-27H,1-6H3/b21-12-. The number of aliphatic hydroxyl groups excluding tert-OH is 2. The summed E-state index contributed by atoms with van der Waals surface area (Å²) >= 11 is 0. The van der Waals surface area contributed by atoms with Gasteiger partial charge in [-0.05, 0) is 57.5 Å². The first-order valence-corrected chi connectivity index (χ1v) is 9.13. The Hall–Kier alpha value is -2.68. The van der Waals surface area contributed by atoms with Gasteiger partial charge in [0.2, 0.25) is 0 Å². The average molecular weight is 367 g/mol. The van der Waals surface area contributed by atoms with Crippen molar-refractivity contribution in [2.45, 2.75) is 52.4 Å². The molecule has 144 valence electrons. The lowest BCUT2D eigenvalue weighted by atomic mass is 9.79. The van der Waals surface area contributed by atoms with E-state index < -0.39 is 5.95 Å². The summed E-state index contributed by atoms with van der Waals surface area (Å²) in [4.78, 5) is 0. The molecular formula is C24H30O3. The first kappa shape index (κ1) is 20.6. The number of hydrogen-bond donors (Lipinski definition) is 3. The lowest BCUT2D eigenvalue weighted by Crippen LogP contribution is -2.17. The topological polar surface area (TPSA) is 60.7 Å². The van der Waals surface area contributed by atoms with Crippen molar-refractivity contribution in [2.24, 2.45) is 0 Å². The van der Waals surface area contributed by atoms with Crippen LogP contribution in [0, 0.1) is 0 Å². The van der Waals surface area contributed by atoms with E-state index in [0.29, 0.717) is 5.22 Å². The van der Waals surface area contributed by atoms with Gasteiger partial charge in [-0.2, -0.15) is 0 Å². The monoisotopic (exact) mass is 366 g/mol. The van der Waals surface area contributed by atoms with E-state index in [-0.39, 0.29) is 16.6 Å². The van der Waals surface area contributed by atoms with E-state index in [0.717, 1.165) is 10.8 Å². The Bertz CT molecular complexity index is 908. The van der Waals surface area contributed by atoms with Gasteiger partial charge in [-0.1, -0.05) is 65.8 Å². The molecule has 0 bridgehead atoms. The highest BCUT2D eigenvalue weighted by Crippen LogP contribution is 2.31. The maximum atomic E-state index is 10.7. The van der Waals surface area contributed by atoms with Gasteiger partial charge in [0, 0.05) is 5.56 Å². The fourth-order valence-corrected chi connectivity index (χ4v) is 2.66. The van der Waals surface area contributed by atoms with Crippen LogP contribution in [0.2, 0.25) is 0 Å². The Kier molecular flexibility index (Phi) is 5.74. The Morgan fingerprint density at radius 2 is 1.22 bits per heavy atom. The van der Waals surface area contributed by atoms with Crippen molar-refractivity contribution in [3.63, 3.8) is 0 Å². The fourth-order valence-electron chi connectivity index (χ4n) is 2.66. The third-order valence-corrected chi connectivity index (χ3v) is 4.56. The van der Waals surface area contributed by atoms with Crippen LogP contribution in [0.5, 0.6) is 0 Å². The molecule has 0 aliphatic heterocycles. The van der Waals surface area contributed by atoms with Crippen LogP contribution >= 0.6 is 0 Å². The van der Waals surface area contributed by atoms with E-state index in [1.165, 1.54) is 11.1 Å². The smallest absolute Gasteiger partial charge is 0.281 e. The molecule has 0 aliphatic rings. The predicted molar refractivity (Wildman–Crippen MR) is 113 cm³/mol. The minimum Gasteiger partial charge on any atom is -0.507 e. The Morgan fingerprint density at radius 3 is 1.63 bits per heavy atom. The van der Waals surface area contributed by atoms with Crippen molar-refractivity contribution in [1.29, 1.82) is 0 Å². The molecule has 0 aliphatic carbocycles. The highest BCUT2D eigenvalue weighted by molar-refractivity contribution is 5.66. The highest BCUT2D eigenvalue weighted by atomic mass is 16.5. The summed E-state index contributed by atoms with van der Waals surface area (Å²) in [6, 6.07) is 13.0. The van der Waals surface area contributed by atoms with E-state index in [4.69, 9.17) is 10.2 Å². The molecule has 0 aromatic heterocycles. The summed E-state index contributed by atoms with van der Waals surface area (Å²) in [5, 5.41) is 30.0. The molecule has 0 radical (unpaired) electrons. The number of aliphatic hydroxyl groups is 3. The second-order valence-corrected chi connectivity index (χ2v) is 8.96. The van der Waals surface area contributed by atoms with Crippen LogP contribution in [0.1, 0.15) is 58.2 Å². The van der Waals surface area contributed by atoms with Gasteiger partial charge >= 0.3 is 0 Å². The van der Waals surface area contributed by atoms with Gasteiger partial charge in [-0.3, -0.25) is 0 Å². The van der Waals surface area contributed by atoms with Crippen LogP contribution in [0.3, 0.4) is 0 Å². The van der Waals surface area contributed by atoms with Crippen molar-refractivity contribution < 1.29 is 15.3 Å². The SMILES string of the molecule is CC(C)(C)c1cc(/C(O)=C/C=c2ccc(=C(O)O)cc2)cc(C(C)(C)C)c1. The van der Waals surface area contributed by atoms with E-state index in [2.05, 4.69) is 47.6 Å². The second kappa shape index (κ2) is 7.51. The molecule has 2 rings (SSSR count). The molecule has 2 aromatic carbocycles. The van der Waals surface area contributed by atoms with E-state index >= 15 is 0 Å². The largest absolute Gasteiger partial charge is 0.507 e. The third kappa shape index (κ3) is 5.40. The van der Waals surface area contributed by atoms with E-state index in [9.17, 15) is 5.11 Å². The molecule has 3 N–H and O–H groups in total. The second-order valence-electron chi connectivity index (χ2n) is 8.96. The van der Waals surface area contributed by atoms with E-state index in [1.54, 1.807) is 36.4 Å². The number of hydrogen-bond acceptors (Lipinski definition) is 3. The summed E-state index contributed by atoms with van der Waals surface area (Å²) in [6.07, 6.45) is 3.47. The van der Waals surface area contributed by atoms with Crippen LogP contribution in [-0.2, 0) is 10.8 Å². The molecule has 2 aromatic rings. The molecule has 0 heterocycles. The van der Waals surface area contributed by atoms with Gasteiger partial charge in [0.05, 0.1) is 5.22 Å². The fraction of sp³-hybridized carbons (Fsp3) is 0.333. The molecule has 0 atom stereocenters. The summed E-state index contributed by atoms with van der Waals surface area (Å²) in [5.74, 6) is -0.499. The molecule has 0 fully saturated rings. The van der Waals surface area contributed by atoms with Crippen LogP contribution < -0.4 is 10.4 Å². The summed E-state index contributed by atoms with van der Waals surface area (Å²) in [6.45, 7) is 13.0. The van der Waals surface area contributed by atoms with Crippen molar-refractivity contribution in [2.75, 3.05) is 0 Å². The zero-order valence-corrected chi connectivity index (χ0v) is 17.0. The Balaban J connectivity index is 2.51. The van der Waals surface area contributed by atoms with Gasteiger partial charge in [0.25, 0.3) is 5.95 Å². The lowest BCUT2D eigenvalue weighted by molar-refractivity contribution is 0.298. The lowest BCUT2D eigenvalue weighted by Gasteiger charge is -2.26. The molecule has 0 unspecified atom stereocenters.